The molecule has 1 aromatic rings. The third kappa shape index (κ3) is 4.51. The van der Waals surface area contributed by atoms with Crippen LogP contribution in [-0.4, -0.2) is 41.6 Å². The summed E-state index contributed by atoms with van der Waals surface area (Å²) >= 11 is 2.10. The van der Waals surface area contributed by atoms with E-state index in [1.54, 1.807) is 0 Å². The minimum Gasteiger partial charge on any atom is -0.330 e. The molecule has 0 bridgehead atoms. The minimum absolute atomic E-state index is 0.430. The van der Waals surface area contributed by atoms with Crippen molar-refractivity contribution in [2.75, 3.05) is 31.9 Å². The van der Waals surface area contributed by atoms with Crippen LogP contribution in [0.1, 0.15) is 31.7 Å². The van der Waals surface area contributed by atoms with Crippen LogP contribution < -0.4 is 5.73 Å². The fourth-order valence-electron chi connectivity index (χ4n) is 2.60. The smallest absolute Gasteiger partial charge is 0.0116 e. The summed E-state index contributed by atoms with van der Waals surface area (Å²) in [6.07, 6.45) is 1.27. The number of nitrogens with zero attached hydrogens (tertiary/aromatic N) is 1. The van der Waals surface area contributed by atoms with Crippen LogP contribution in [0.3, 0.4) is 0 Å². The van der Waals surface area contributed by atoms with Gasteiger partial charge >= 0.3 is 0 Å². The van der Waals surface area contributed by atoms with Crippen molar-refractivity contribution in [1.29, 1.82) is 0 Å². The predicted octanol–water partition coefficient (Wildman–Crippen LogP) is 2.95. The molecule has 2 nitrogen and oxygen atoms in total. The molecule has 106 valence electrons. The molecule has 1 unspecified atom stereocenters. The topological polar surface area (TPSA) is 29.3 Å². The molecule has 1 aromatic carbocycles. The molecule has 3 heteroatoms. The lowest BCUT2D eigenvalue weighted by Gasteiger charge is -2.26. The normalized spacial score (nSPS) is 21.8. The van der Waals surface area contributed by atoms with Gasteiger partial charge in [0.15, 0.2) is 0 Å². The Balaban J connectivity index is 1.95. The fourth-order valence-corrected chi connectivity index (χ4v) is 3.74. The molecule has 1 atom stereocenters. The third-order valence-electron chi connectivity index (χ3n) is 3.96. The Labute approximate surface area is 121 Å². The number of thioether (sulfide) groups is 1. The Bertz CT molecular complexity index is 378. The van der Waals surface area contributed by atoms with Crippen LogP contribution in [0.25, 0.3) is 0 Å². The zero-order valence-electron chi connectivity index (χ0n) is 12.1. The summed E-state index contributed by atoms with van der Waals surface area (Å²) in [5, 5.41) is 0. The molecule has 0 radical (unpaired) electrons. The Morgan fingerprint density at radius 1 is 1.26 bits per heavy atom. The number of hydrogen-bond donors (Lipinski definition) is 1. The van der Waals surface area contributed by atoms with Crippen molar-refractivity contribution in [3.05, 3.63) is 35.9 Å². The second kappa shape index (κ2) is 6.78. The van der Waals surface area contributed by atoms with Crippen molar-refractivity contribution < 1.29 is 0 Å². The van der Waals surface area contributed by atoms with Crippen LogP contribution in [0.15, 0.2) is 30.3 Å². The van der Waals surface area contributed by atoms with Crippen molar-refractivity contribution in [1.82, 2.24) is 4.90 Å². The molecule has 2 rings (SSSR count). The lowest BCUT2D eigenvalue weighted by atomic mass is 9.98. The lowest BCUT2D eigenvalue weighted by Crippen LogP contribution is -2.34. The van der Waals surface area contributed by atoms with Gasteiger partial charge in [0.1, 0.15) is 0 Å². The third-order valence-corrected chi connectivity index (χ3v) is 5.34. The molecule has 1 aliphatic heterocycles. The van der Waals surface area contributed by atoms with Crippen LogP contribution in [0, 0.1) is 0 Å². The molecule has 1 heterocycles. The van der Waals surface area contributed by atoms with E-state index < -0.39 is 0 Å². The standard InChI is InChI=1S/C16H26N2S/c1-16(2)8-9-18(10-11-19-16)13-15(12-17)14-6-4-3-5-7-14/h3-7,15H,8-13,17H2,1-2H3. The highest BCUT2D eigenvalue weighted by molar-refractivity contribution is 8.00. The minimum atomic E-state index is 0.430. The van der Waals surface area contributed by atoms with Gasteiger partial charge in [0, 0.05) is 36.1 Å². The van der Waals surface area contributed by atoms with E-state index in [-0.39, 0.29) is 0 Å². The lowest BCUT2D eigenvalue weighted by molar-refractivity contribution is 0.267. The predicted molar refractivity (Wildman–Crippen MR) is 85.8 cm³/mol. The van der Waals surface area contributed by atoms with Gasteiger partial charge in [-0.25, -0.2) is 0 Å². The van der Waals surface area contributed by atoms with E-state index in [9.17, 15) is 0 Å². The van der Waals surface area contributed by atoms with Crippen molar-refractivity contribution in [2.45, 2.75) is 30.9 Å². The SMILES string of the molecule is CC1(C)CCN(CC(CN)c2ccccc2)CCS1. The van der Waals surface area contributed by atoms with Gasteiger partial charge in [-0.1, -0.05) is 44.2 Å². The first-order valence-electron chi connectivity index (χ1n) is 7.22. The average Bonchev–Trinajstić information content (AvgIpc) is 2.58. The van der Waals surface area contributed by atoms with Crippen molar-refractivity contribution in [2.24, 2.45) is 5.73 Å². The zero-order chi connectivity index (χ0) is 13.7. The van der Waals surface area contributed by atoms with Crippen LogP contribution in [0.4, 0.5) is 0 Å². The molecule has 1 fully saturated rings. The highest BCUT2D eigenvalue weighted by atomic mass is 32.2. The van der Waals surface area contributed by atoms with E-state index in [0.29, 0.717) is 10.7 Å². The second-order valence-electron chi connectivity index (χ2n) is 6.00. The molecule has 0 saturated carbocycles. The van der Waals surface area contributed by atoms with E-state index >= 15 is 0 Å². The molecule has 2 N–H and O–H groups in total. The van der Waals surface area contributed by atoms with Crippen molar-refractivity contribution >= 4 is 11.8 Å². The molecular weight excluding hydrogens is 252 g/mol. The van der Waals surface area contributed by atoms with Crippen LogP contribution in [0.5, 0.6) is 0 Å². The summed E-state index contributed by atoms with van der Waals surface area (Å²) in [6, 6.07) is 10.7. The molecule has 0 amide bonds. The number of benzene rings is 1. The fraction of sp³-hybridized carbons (Fsp3) is 0.625. The van der Waals surface area contributed by atoms with Crippen LogP contribution >= 0.6 is 11.8 Å². The largest absolute Gasteiger partial charge is 0.330 e. The summed E-state index contributed by atoms with van der Waals surface area (Å²) in [5.41, 5.74) is 7.36. The summed E-state index contributed by atoms with van der Waals surface area (Å²) in [4.78, 5) is 2.59. The molecule has 0 aromatic heterocycles. The summed E-state index contributed by atoms with van der Waals surface area (Å²) < 4.78 is 0.430. The molecular formula is C16H26N2S. The summed E-state index contributed by atoms with van der Waals surface area (Å²) in [5.74, 6) is 1.70. The Morgan fingerprint density at radius 2 is 2.00 bits per heavy atom. The Hall–Kier alpha value is -0.510. The van der Waals surface area contributed by atoms with Gasteiger partial charge in [-0.05, 0) is 18.5 Å². The van der Waals surface area contributed by atoms with Gasteiger partial charge in [-0.2, -0.15) is 11.8 Å². The molecule has 0 aliphatic carbocycles. The average molecular weight is 278 g/mol. The summed E-state index contributed by atoms with van der Waals surface area (Å²) in [6.45, 7) is 8.94. The van der Waals surface area contributed by atoms with Crippen molar-refractivity contribution in [3.63, 3.8) is 0 Å². The van der Waals surface area contributed by atoms with Gasteiger partial charge in [-0.15, -0.1) is 0 Å². The Kier molecular flexibility index (Phi) is 5.31. The van der Waals surface area contributed by atoms with Gasteiger partial charge < -0.3 is 10.6 Å². The zero-order valence-corrected chi connectivity index (χ0v) is 13.0. The highest BCUT2D eigenvalue weighted by Crippen LogP contribution is 2.31. The van der Waals surface area contributed by atoms with E-state index in [0.717, 1.165) is 13.1 Å². The van der Waals surface area contributed by atoms with Crippen LogP contribution in [0.2, 0.25) is 0 Å². The van der Waals surface area contributed by atoms with Crippen LogP contribution in [-0.2, 0) is 0 Å². The van der Waals surface area contributed by atoms with Gasteiger partial charge in [0.25, 0.3) is 0 Å². The maximum atomic E-state index is 5.98. The molecule has 1 saturated heterocycles. The highest BCUT2D eigenvalue weighted by Gasteiger charge is 2.24. The maximum absolute atomic E-state index is 5.98. The van der Waals surface area contributed by atoms with Crippen molar-refractivity contribution in [3.8, 4) is 0 Å². The first-order valence-corrected chi connectivity index (χ1v) is 8.20. The van der Waals surface area contributed by atoms with Gasteiger partial charge in [-0.3, -0.25) is 0 Å². The monoisotopic (exact) mass is 278 g/mol. The number of hydrogen-bond acceptors (Lipinski definition) is 3. The van der Waals surface area contributed by atoms with E-state index in [4.69, 9.17) is 5.73 Å². The maximum Gasteiger partial charge on any atom is 0.0116 e. The number of rotatable bonds is 4. The summed E-state index contributed by atoms with van der Waals surface area (Å²) in [7, 11) is 0. The van der Waals surface area contributed by atoms with Gasteiger partial charge in [0.05, 0.1) is 0 Å². The first kappa shape index (κ1) is 14.9. The molecule has 0 spiro atoms. The van der Waals surface area contributed by atoms with E-state index in [1.165, 1.54) is 30.8 Å². The number of nitrogens with two attached hydrogens (primary N) is 1. The van der Waals surface area contributed by atoms with E-state index in [2.05, 4.69) is 60.8 Å². The molecule has 19 heavy (non-hydrogen) atoms. The molecule has 1 aliphatic rings. The van der Waals surface area contributed by atoms with Gasteiger partial charge in [0.2, 0.25) is 0 Å². The van der Waals surface area contributed by atoms with E-state index in [1.807, 2.05) is 0 Å². The Morgan fingerprint density at radius 3 is 2.68 bits per heavy atom. The first-order chi connectivity index (χ1) is 9.11. The quantitative estimate of drug-likeness (QED) is 0.918. The second-order valence-corrected chi connectivity index (χ2v) is 7.80.